The van der Waals surface area contributed by atoms with Crippen LogP contribution in [0.25, 0.3) is 22.2 Å². The predicted octanol–water partition coefficient (Wildman–Crippen LogP) is 3.95. The molecule has 0 bridgehead atoms. The summed E-state index contributed by atoms with van der Waals surface area (Å²) < 4.78 is 67.9. The SMILES string of the molecule is CP(C)(=O)c1cccc2c(-c3nc(OCC(F)(F)F)ncc3F)c[nH]c12. The Balaban J connectivity index is 2.08. The summed E-state index contributed by atoms with van der Waals surface area (Å²) in [6.45, 7) is 1.64. The average molecular weight is 387 g/mol. The van der Waals surface area contributed by atoms with Gasteiger partial charge in [0, 0.05) is 22.5 Å². The molecule has 138 valence electrons. The van der Waals surface area contributed by atoms with Gasteiger partial charge in [-0.05, 0) is 19.4 Å². The summed E-state index contributed by atoms with van der Waals surface area (Å²) in [7, 11) is -2.60. The van der Waals surface area contributed by atoms with Crippen LogP contribution in [0.1, 0.15) is 0 Å². The number of para-hydroxylation sites is 1. The summed E-state index contributed by atoms with van der Waals surface area (Å²) in [4.78, 5) is 10.1. The highest BCUT2D eigenvalue weighted by atomic mass is 31.2. The molecule has 0 saturated heterocycles. The van der Waals surface area contributed by atoms with Gasteiger partial charge in [0.2, 0.25) is 0 Å². The van der Waals surface area contributed by atoms with Gasteiger partial charge >= 0.3 is 12.2 Å². The van der Waals surface area contributed by atoms with Crippen LogP contribution in [0.15, 0.2) is 30.6 Å². The number of benzene rings is 1. The second-order valence-corrected chi connectivity index (χ2v) is 9.19. The molecule has 0 radical (unpaired) electrons. The van der Waals surface area contributed by atoms with Gasteiger partial charge in [-0.1, -0.05) is 12.1 Å². The topological polar surface area (TPSA) is 67.9 Å². The molecule has 0 aliphatic heterocycles. The lowest BCUT2D eigenvalue weighted by Crippen LogP contribution is -2.20. The Kier molecular flexibility index (Phi) is 4.52. The maximum Gasteiger partial charge on any atom is 0.422 e. The minimum Gasteiger partial charge on any atom is -0.454 e. The van der Waals surface area contributed by atoms with Crippen molar-refractivity contribution >= 4 is 23.3 Å². The average Bonchev–Trinajstić information content (AvgIpc) is 2.96. The molecule has 3 aromatic rings. The van der Waals surface area contributed by atoms with Gasteiger partial charge in [-0.25, -0.2) is 9.37 Å². The van der Waals surface area contributed by atoms with E-state index < -0.39 is 31.8 Å². The second kappa shape index (κ2) is 6.39. The number of aromatic amines is 1. The first-order valence-corrected chi connectivity index (χ1v) is 10.0. The van der Waals surface area contributed by atoms with E-state index in [-0.39, 0.29) is 5.69 Å². The van der Waals surface area contributed by atoms with Crippen LogP contribution in [0, 0.1) is 5.82 Å². The minimum atomic E-state index is -4.56. The zero-order valence-corrected chi connectivity index (χ0v) is 14.7. The van der Waals surface area contributed by atoms with Crippen molar-refractivity contribution in [2.75, 3.05) is 19.9 Å². The first-order valence-electron chi connectivity index (χ1n) is 7.44. The van der Waals surface area contributed by atoms with Crippen molar-refractivity contribution in [3.63, 3.8) is 0 Å². The van der Waals surface area contributed by atoms with E-state index in [9.17, 15) is 22.1 Å². The van der Waals surface area contributed by atoms with Crippen LogP contribution in [0.2, 0.25) is 0 Å². The molecule has 2 aromatic heterocycles. The van der Waals surface area contributed by atoms with Gasteiger partial charge in [0.1, 0.15) is 12.8 Å². The number of ether oxygens (including phenoxy) is 1. The Labute approximate surface area is 145 Å². The number of hydrogen-bond acceptors (Lipinski definition) is 4. The van der Waals surface area contributed by atoms with Gasteiger partial charge in [0.15, 0.2) is 12.4 Å². The van der Waals surface area contributed by atoms with Crippen LogP contribution in [-0.4, -0.2) is 41.1 Å². The quantitative estimate of drug-likeness (QED) is 0.544. The van der Waals surface area contributed by atoms with Crippen molar-refractivity contribution in [2.45, 2.75) is 6.18 Å². The zero-order valence-electron chi connectivity index (χ0n) is 13.8. The van der Waals surface area contributed by atoms with E-state index in [0.717, 1.165) is 6.20 Å². The third-order valence-electron chi connectivity index (χ3n) is 3.62. The van der Waals surface area contributed by atoms with Crippen LogP contribution >= 0.6 is 7.14 Å². The van der Waals surface area contributed by atoms with E-state index in [1.807, 2.05) is 0 Å². The molecule has 0 aliphatic rings. The molecular weight excluding hydrogens is 373 g/mol. The van der Waals surface area contributed by atoms with E-state index in [1.54, 1.807) is 31.5 Å². The molecule has 3 rings (SSSR count). The molecule has 10 heteroatoms. The highest BCUT2D eigenvalue weighted by molar-refractivity contribution is 7.70. The molecule has 0 saturated carbocycles. The van der Waals surface area contributed by atoms with Gasteiger partial charge in [-0.15, -0.1) is 0 Å². The Morgan fingerprint density at radius 1 is 1.27 bits per heavy atom. The first kappa shape index (κ1) is 18.4. The Morgan fingerprint density at radius 3 is 2.65 bits per heavy atom. The fourth-order valence-corrected chi connectivity index (χ4v) is 3.71. The van der Waals surface area contributed by atoms with Crippen molar-refractivity contribution in [1.29, 1.82) is 0 Å². The van der Waals surface area contributed by atoms with Crippen molar-refractivity contribution < 1.29 is 26.9 Å². The van der Waals surface area contributed by atoms with Crippen LogP contribution in [0.5, 0.6) is 6.01 Å². The number of nitrogens with one attached hydrogen (secondary N) is 1. The summed E-state index contributed by atoms with van der Waals surface area (Å²) in [6.07, 6.45) is -2.35. The lowest BCUT2D eigenvalue weighted by molar-refractivity contribution is -0.154. The first-order chi connectivity index (χ1) is 12.1. The van der Waals surface area contributed by atoms with Crippen LogP contribution in [-0.2, 0) is 4.57 Å². The molecular formula is C16H14F4N3O2P. The molecule has 0 atom stereocenters. The normalized spacial score (nSPS) is 12.5. The molecule has 0 unspecified atom stereocenters. The third kappa shape index (κ3) is 3.72. The van der Waals surface area contributed by atoms with Gasteiger partial charge in [-0.3, -0.25) is 0 Å². The largest absolute Gasteiger partial charge is 0.454 e. The number of H-pyrrole nitrogens is 1. The number of nitrogens with zero attached hydrogens (tertiary/aromatic N) is 2. The molecule has 0 aliphatic carbocycles. The van der Waals surface area contributed by atoms with Crippen LogP contribution < -0.4 is 10.0 Å². The smallest absolute Gasteiger partial charge is 0.422 e. The van der Waals surface area contributed by atoms with Crippen LogP contribution in [0.4, 0.5) is 17.6 Å². The van der Waals surface area contributed by atoms with Crippen molar-refractivity contribution in [2.24, 2.45) is 0 Å². The summed E-state index contributed by atoms with van der Waals surface area (Å²) in [5, 5.41) is 1.13. The molecule has 1 N–H and O–H groups in total. The Morgan fingerprint density at radius 2 is 2.00 bits per heavy atom. The van der Waals surface area contributed by atoms with E-state index in [0.29, 0.717) is 21.8 Å². The third-order valence-corrected chi connectivity index (χ3v) is 5.15. The molecule has 0 amide bonds. The highest BCUT2D eigenvalue weighted by Crippen LogP contribution is 2.39. The monoisotopic (exact) mass is 387 g/mol. The number of fused-ring (bicyclic) bond motifs is 1. The highest BCUT2D eigenvalue weighted by Gasteiger charge is 2.29. The lowest BCUT2D eigenvalue weighted by atomic mass is 10.1. The molecule has 1 aromatic carbocycles. The van der Waals surface area contributed by atoms with Gasteiger partial charge in [0.05, 0.1) is 11.7 Å². The molecule has 0 fully saturated rings. The molecule has 0 spiro atoms. The van der Waals surface area contributed by atoms with Crippen molar-refractivity contribution in [1.82, 2.24) is 15.0 Å². The summed E-state index contributed by atoms with van der Waals surface area (Å²) >= 11 is 0. The molecule has 26 heavy (non-hydrogen) atoms. The van der Waals surface area contributed by atoms with E-state index >= 15 is 0 Å². The predicted molar refractivity (Wildman–Crippen MR) is 89.9 cm³/mol. The van der Waals surface area contributed by atoms with Gasteiger partial charge in [0.25, 0.3) is 0 Å². The summed E-state index contributed by atoms with van der Waals surface area (Å²) in [5.41, 5.74) is 0.668. The minimum absolute atomic E-state index is 0.206. The number of alkyl halides is 3. The van der Waals surface area contributed by atoms with Crippen molar-refractivity contribution in [3.05, 3.63) is 36.4 Å². The summed E-state index contributed by atoms with van der Waals surface area (Å²) in [6, 6.07) is 4.48. The lowest BCUT2D eigenvalue weighted by Gasteiger charge is -2.10. The Bertz CT molecular complexity index is 1010. The number of hydrogen-bond donors (Lipinski definition) is 1. The zero-order chi connectivity index (χ0) is 19.1. The van der Waals surface area contributed by atoms with Gasteiger partial charge < -0.3 is 14.3 Å². The number of rotatable bonds is 4. The molecule has 2 heterocycles. The number of halogens is 4. The fourth-order valence-electron chi connectivity index (χ4n) is 2.54. The summed E-state index contributed by atoms with van der Waals surface area (Å²) in [5.74, 6) is -0.813. The Hall–Kier alpha value is -2.41. The maximum atomic E-state index is 14.2. The molecule has 5 nitrogen and oxygen atoms in total. The van der Waals surface area contributed by atoms with E-state index in [1.165, 1.54) is 6.20 Å². The maximum absolute atomic E-state index is 14.2. The van der Waals surface area contributed by atoms with E-state index in [4.69, 9.17) is 0 Å². The van der Waals surface area contributed by atoms with Crippen molar-refractivity contribution in [3.8, 4) is 17.3 Å². The second-order valence-electron chi connectivity index (χ2n) is 6.01. The van der Waals surface area contributed by atoms with Gasteiger partial charge in [-0.2, -0.15) is 18.2 Å². The van der Waals surface area contributed by atoms with Crippen LogP contribution in [0.3, 0.4) is 0 Å². The standard InChI is InChI=1S/C16H14F4N3O2P/c1-26(2,24)12-5-3-4-9-10(6-21-14(9)12)13-11(17)7-22-15(23-13)25-8-16(18,19)20/h3-7,21H,8H2,1-2H3. The van der Waals surface area contributed by atoms with E-state index in [2.05, 4.69) is 19.7 Å². The number of aromatic nitrogens is 3. The fraction of sp³-hybridized carbons (Fsp3) is 0.250.